The zero-order valence-corrected chi connectivity index (χ0v) is 13.6. The average molecular weight is 370 g/mol. The topological polar surface area (TPSA) is 63.4 Å². The molecule has 0 N–H and O–H groups in total. The van der Waals surface area contributed by atoms with Gasteiger partial charge in [0.15, 0.2) is 0 Å². The highest BCUT2D eigenvalue weighted by atomic mass is 32.1. The summed E-state index contributed by atoms with van der Waals surface area (Å²) >= 11 is 1.33. The molecule has 0 atom stereocenters. The molecule has 1 aromatic carbocycles. The van der Waals surface area contributed by atoms with Crippen LogP contribution in [0, 0.1) is 10.1 Å². The molecule has 0 spiro atoms. The van der Waals surface area contributed by atoms with E-state index in [1.807, 2.05) is 0 Å². The molecule has 0 aliphatic rings. The number of hydrogen-bond acceptors (Lipinski definition) is 4. The summed E-state index contributed by atoms with van der Waals surface area (Å²) in [6.45, 7) is -1.50. The zero-order chi connectivity index (χ0) is 18.4. The highest BCUT2D eigenvalue weighted by Gasteiger charge is 2.32. The maximum atomic E-state index is 12.7. The predicted octanol–water partition coefficient (Wildman–Crippen LogP) is 4.26. The molecule has 0 radical (unpaired) electrons. The van der Waals surface area contributed by atoms with Gasteiger partial charge < -0.3 is 4.90 Å². The second-order valence-corrected chi connectivity index (χ2v) is 5.90. The molecule has 0 saturated carbocycles. The number of nitro groups is 1. The van der Waals surface area contributed by atoms with Gasteiger partial charge in [0.2, 0.25) is 5.91 Å². The van der Waals surface area contributed by atoms with Crippen molar-refractivity contribution in [2.45, 2.75) is 12.7 Å². The molecule has 2 aromatic rings. The monoisotopic (exact) mass is 370 g/mol. The smallest absolute Gasteiger partial charge is 0.326 e. The van der Waals surface area contributed by atoms with Gasteiger partial charge in [0.1, 0.15) is 6.54 Å². The minimum absolute atomic E-state index is 0.111. The van der Waals surface area contributed by atoms with Gasteiger partial charge in [0.25, 0.3) is 5.69 Å². The van der Waals surface area contributed by atoms with E-state index in [2.05, 4.69) is 0 Å². The normalized spacial score (nSPS) is 11.6. The van der Waals surface area contributed by atoms with E-state index in [1.54, 1.807) is 16.8 Å². The van der Waals surface area contributed by atoms with Crippen LogP contribution in [0.2, 0.25) is 0 Å². The van der Waals surface area contributed by atoms with E-state index in [4.69, 9.17) is 0 Å². The number of carbonyl (C=O) groups is 1. The first-order valence-corrected chi connectivity index (χ1v) is 7.98. The first kappa shape index (κ1) is 18.7. The molecule has 25 heavy (non-hydrogen) atoms. The Labute approximate surface area is 145 Å². The molecule has 0 aliphatic carbocycles. The van der Waals surface area contributed by atoms with E-state index in [9.17, 15) is 28.1 Å². The molecule has 1 heterocycles. The summed E-state index contributed by atoms with van der Waals surface area (Å²) in [7, 11) is 0. The Morgan fingerprint density at radius 1 is 1.24 bits per heavy atom. The van der Waals surface area contributed by atoms with Gasteiger partial charge in [-0.1, -0.05) is 0 Å². The fourth-order valence-corrected chi connectivity index (χ4v) is 2.67. The lowest BCUT2D eigenvalue weighted by molar-refractivity contribution is -0.384. The Morgan fingerprint density at radius 3 is 2.44 bits per heavy atom. The number of amides is 1. The molecule has 0 fully saturated rings. The minimum Gasteiger partial charge on any atom is -0.326 e. The summed E-state index contributed by atoms with van der Waals surface area (Å²) in [6.07, 6.45) is -2.16. The van der Waals surface area contributed by atoms with Gasteiger partial charge in [0, 0.05) is 24.8 Å². The van der Waals surface area contributed by atoms with Crippen LogP contribution in [0.1, 0.15) is 11.1 Å². The van der Waals surface area contributed by atoms with Crippen molar-refractivity contribution in [2.75, 3.05) is 6.54 Å². The van der Waals surface area contributed by atoms with E-state index in [0.29, 0.717) is 16.0 Å². The van der Waals surface area contributed by atoms with Gasteiger partial charge in [-0.15, -0.1) is 0 Å². The lowest BCUT2D eigenvalue weighted by Crippen LogP contribution is -2.37. The van der Waals surface area contributed by atoms with Gasteiger partial charge >= 0.3 is 6.18 Å². The number of thiophene rings is 1. The van der Waals surface area contributed by atoms with Crippen molar-refractivity contribution in [1.82, 2.24) is 4.90 Å². The lowest BCUT2D eigenvalue weighted by Gasteiger charge is -2.22. The summed E-state index contributed by atoms with van der Waals surface area (Å²) in [6, 6.07) is 6.98. The van der Waals surface area contributed by atoms with Crippen LogP contribution in [0.5, 0.6) is 0 Å². The van der Waals surface area contributed by atoms with Gasteiger partial charge in [0.05, 0.1) is 4.92 Å². The van der Waals surface area contributed by atoms with Gasteiger partial charge in [-0.3, -0.25) is 14.9 Å². The molecular weight excluding hydrogens is 357 g/mol. The van der Waals surface area contributed by atoms with Crippen molar-refractivity contribution in [3.05, 3.63) is 68.4 Å². The van der Waals surface area contributed by atoms with Crippen LogP contribution < -0.4 is 0 Å². The van der Waals surface area contributed by atoms with Crippen molar-refractivity contribution in [2.24, 2.45) is 0 Å². The fraction of sp³-hybridized carbons (Fsp3) is 0.188. The van der Waals surface area contributed by atoms with Gasteiger partial charge in [-0.2, -0.15) is 24.5 Å². The molecule has 1 aromatic heterocycles. The van der Waals surface area contributed by atoms with E-state index < -0.39 is 23.6 Å². The zero-order valence-electron chi connectivity index (χ0n) is 12.8. The Hall–Kier alpha value is -2.68. The Morgan fingerprint density at radius 2 is 1.92 bits per heavy atom. The van der Waals surface area contributed by atoms with Crippen molar-refractivity contribution < 1.29 is 22.9 Å². The van der Waals surface area contributed by atoms with Crippen molar-refractivity contribution in [1.29, 1.82) is 0 Å². The fourth-order valence-electron chi connectivity index (χ4n) is 2.01. The Kier molecular flexibility index (Phi) is 5.92. The third kappa shape index (κ3) is 6.03. The third-order valence-electron chi connectivity index (χ3n) is 3.16. The first-order valence-electron chi connectivity index (χ1n) is 7.04. The molecule has 2 rings (SSSR count). The van der Waals surface area contributed by atoms with E-state index in [1.165, 1.54) is 41.7 Å². The van der Waals surface area contributed by atoms with Crippen LogP contribution in [0.15, 0.2) is 47.2 Å². The molecule has 0 bridgehead atoms. The predicted molar refractivity (Wildman–Crippen MR) is 87.9 cm³/mol. The van der Waals surface area contributed by atoms with Gasteiger partial charge in [-0.05, 0) is 46.2 Å². The summed E-state index contributed by atoms with van der Waals surface area (Å²) in [4.78, 5) is 22.8. The number of nitrogens with zero attached hydrogens (tertiary/aromatic N) is 2. The SMILES string of the molecule is O=C(/C=C/c1ccc([N+](=O)[O-])cc1)N(Cc1ccsc1)CC(F)(F)F. The maximum Gasteiger partial charge on any atom is 0.406 e. The largest absolute Gasteiger partial charge is 0.406 e. The highest BCUT2D eigenvalue weighted by Crippen LogP contribution is 2.20. The minimum atomic E-state index is -4.51. The number of hydrogen-bond donors (Lipinski definition) is 0. The molecule has 9 heteroatoms. The van der Waals surface area contributed by atoms with Crippen LogP contribution in [0.25, 0.3) is 6.08 Å². The number of halogens is 3. The maximum absolute atomic E-state index is 12.7. The summed E-state index contributed by atoms with van der Waals surface area (Å²) < 4.78 is 38.1. The molecular formula is C16H13F3N2O3S. The van der Waals surface area contributed by atoms with E-state index in [0.717, 1.165) is 6.08 Å². The van der Waals surface area contributed by atoms with Crippen LogP contribution in [0.4, 0.5) is 18.9 Å². The molecule has 1 amide bonds. The van der Waals surface area contributed by atoms with Crippen LogP contribution >= 0.6 is 11.3 Å². The highest BCUT2D eigenvalue weighted by molar-refractivity contribution is 7.07. The van der Waals surface area contributed by atoms with Crippen molar-refractivity contribution in [3.63, 3.8) is 0 Å². The van der Waals surface area contributed by atoms with Crippen LogP contribution in [-0.2, 0) is 11.3 Å². The number of carbonyl (C=O) groups excluding carboxylic acids is 1. The van der Waals surface area contributed by atoms with Gasteiger partial charge in [-0.25, -0.2) is 0 Å². The molecule has 0 saturated heterocycles. The Balaban J connectivity index is 2.10. The van der Waals surface area contributed by atoms with Crippen LogP contribution in [0.3, 0.4) is 0 Å². The number of alkyl halides is 3. The molecule has 5 nitrogen and oxygen atoms in total. The Bertz CT molecular complexity index is 756. The summed E-state index contributed by atoms with van der Waals surface area (Å²) in [5.74, 6) is -0.790. The molecule has 0 unspecified atom stereocenters. The second kappa shape index (κ2) is 7.93. The third-order valence-corrected chi connectivity index (χ3v) is 3.89. The number of nitro benzene ring substituents is 1. The van der Waals surface area contributed by atoms with Crippen molar-refractivity contribution in [3.8, 4) is 0 Å². The number of benzene rings is 1. The molecule has 0 aliphatic heterocycles. The van der Waals surface area contributed by atoms with Crippen molar-refractivity contribution >= 4 is 29.0 Å². The average Bonchev–Trinajstić information content (AvgIpc) is 3.04. The quantitative estimate of drug-likeness (QED) is 0.434. The number of non-ortho nitro benzene ring substituents is 1. The van der Waals surface area contributed by atoms with Crippen LogP contribution in [-0.4, -0.2) is 28.5 Å². The molecule has 132 valence electrons. The summed E-state index contributed by atoms with van der Waals surface area (Å²) in [5, 5.41) is 14.0. The van der Waals surface area contributed by atoms with E-state index in [-0.39, 0.29) is 12.2 Å². The second-order valence-electron chi connectivity index (χ2n) is 5.12. The number of rotatable bonds is 6. The van der Waals surface area contributed by atoms with E-state index >= 15 is 0 Å². The first-order chi connectivity index (χ1) is 11.7. The standard InChI is InChI=1S/C16H13F3N2O3S/c17-16(18,19)11-20(9-13-7-8-25-10-13)15(22)6-3-12-1-4-14(5-2-12)21(23)24/h1-8,10H,9,11H2/b6-3+. The summed E-state index contributed by atoms with van der Waals surface area (Å²) in [5.41, 5.74) is 0.979. The lowest BCUT2D eigenvalue weighted by atomic mass is 10.2.